The van der Waals surface area contributed by atoms with Crippen LogP contribution in [0.3, 0.4) is 0 Å². The summed E-state index contributed by atoms with van der Waals surface area (Å²) >= 11 is 1.29. The Morgan fingerprint density at radius 2 is 1.61 bits per heavy atom. The highest BCUT2D eigenvalue weighted by Gasteiger charge is 2.12. The van der Waals surface area contributed by atoms with Gasteiger partial charge < -0.3 is 20.3 Å². The first-order valence-corrected chi connectivity index (χ1v) is 10.4. The molecule has 1 saturated heterocycles. The van der Waals surface area contributed by atoms with Gasteiger partial charge in [0.2, 0.25) is 11.8 Å². The summed E-state index contributed by atoms with van der Waals surface area (Å²) in [5, 5.41) is 5.73. The summed E-state index contributed by atoms with van der Waals surface area (Å²) in [5.74, 6) is 0.223. The standard InChI is InChI=1S/C21H25N3O3S/c1-16-5-7-17(8-6-16)22-20(25)14-28-15-21(26)23-18-3-2-4-19(13-18)24-9-11-27-12-10-24/h2-8,13H,9-12,14-15H2,1H3,(H,22,25)(H,23,26). The SMILES string of the molecule is Cc1ccc(NC(=O)CSCC(=O)Nc2cccc(N3CCOCC3)c2)cc1. The van der Waals surface area contributed by atoms with Crippen molar-refractivity contribution in [3.8, 4) is 0 Å². The number of aryl methyl sites for hydroxylation is 1. The maximum atomic E-state index is 12.2. The molecule has 0 unspecified atom stereocenters. The van der Waals surface area contributed by atoms with Crippen LogP contribution in [0, 0.1) is 6.92 Å². The van der Waals surface area contributed by atoms with Gasteiger partial charge in [-0.3, -0.25) is 9.59 Å². The van der Waals surface area contributed by atoms with Crippen molar-refractivity contribution in [2.45, 2.75) is 6.92 Å². The minimum atomic E-state index is -0.118. The molecular weight excluding hydrogens is 374 g/mol. The van der Waals surface area contributed by atoms with E-state index in [0.717, 1.165) is 48.9 Å². The van der Waals surface area contributed by atoms with Crippen LogP contribution < -0.4 is 15.5 Å². The van der Waals surface area contributed by atoms with Gasteiger partial charge in [-0.05, 0) is 37.3 Å². The van der Waals surface area contributed by atoms with Gasteiger partial charge in [0.25, 0.3) is 0 Å². The predicted molar refractivity (Wildman–Crippen MR) is 115 cm³/mol. The Labute approximate surface area is 169 Å². The molecule has 2 aromatic rings. The Hall–Kier alpha value is -2.51. The molecule has 1 fully saturated rings. The molecule has 28 heavy (non-hydrogen) atoms. The van der Waals surface area contributed by atoms with Gasteiger partial charge in [0.05, 0.1) is 24.7 Å². The summed E-state index contributed by atoms with van der Waals surface area (Å²) < 4.78 is 5.38. The summed E-state index contributed by atoms with van der Waals surface area (Å²) in [7, 11) is 0. The Kier molecular flexibility index (Phi) is 7.33. The van der Waals surface area contributed by atoms with Crippen molar-refractivity contribution >= 4 is 40.6 Å². The molecule has 6 nitrogen and oxygen atoms in total. The zero-order chi connectivity index (χ0) is 19.8. The second-order valence-corrected chi connectivity index (χ2v) is 7.59. The molecule has 0 bridgehead atoms. The van der Waals surface area contributed by atoms with Gasteiger partial charge in [0, 0.05) is 30.2 Å². The number of benzene rings is 2. The van der Waals surface area contributed by atoms with E-state index in [9.17, 15) is 9.59 Å². The van der Waals surface area contributed by atoms with E-state index in [1.165, 1.54) is 11.8 Å². The van der Waals surface area contributed by atoms with E-state index in [1.807, 2.05) is 55.5 Å². The van der Waals surface area contributed by atoms with Crippen LogP contribution in [0.15, 0.2) is 48.5 Å². The third kappa shape index (κ3) is 6.28. The molecule has 1 aliphatic rings. The second-order valence-electron chi connectivity index (χ2n) is 6.60. The smallest absolute Gasteiger partial charge is 0.234 e. The average Bonchev–Trinajstić information content (AvgIpc) is 2.70. The van der Waals surface area contributed by atoms with Crippen LogP contribution in [0.2, 0.25) is 0 Å². The van der Waals surface area contributed by atoms with Crippen molar-refractivity contribution in [1.29, 1.82) is 0 Å². The number of carbonyl (C=O) groups excluding carboxylic acids is 2. The van der Waals surface area contributed by atoms with E-state index >= 15 is 0 Å². The Bertz CT molecular complexity index is 805. The van der Waals surface area contributed by atoms with Gasteiger partial charge in [-0.25, -0.2) is 0 Å². The van der Waals surface area contributed by atoms with Crippen LogP contribution in [0.25, 0.3) is 0 Å². The van der Waals surface area contributed by atoms with Gasteiger partial charge >= 0.3 is 0 Å². The fourth-order valence-electron chi connectivity index (χ4n) is 2.87. The first kappa shape index (κ1) is 20.2. The average molecular weight is 400 g/mol. The summed E-state index contributed by atoms with van der Waals surface area (Å²) in [6.45, 7) is 5.14. The Balaban J connectivity index is 1.41. The second kappa shape index (κ2) is 10.1. The van der Waals surface area contributed by atoms with Crippen LogP contribution in [0.1, 0.15) is 5.56 Å². The molecule has 1 heterocycles. The van der Waals surface area contributed by atoms with E-state index in [1.54, 1.807) is 0 Å². The lowest BCUT2D eigenvalue weighted by Gasteiger charge is -2.29. The Morgan fingerprint density at radius 3 is 2.29 bits per heavy atom. The number of carbonyl (C=O) groups is 2. The van der Waals surface area contributed by atoms with E-state index in [2.05, 4.69) is 15.5 Å². The highest BCUT2D eigenvalue weighted by molar-refractivity contribution is 8.00. The molecule has 0 saturated carbocycles. The number of rotatable bonds is 7. The number of ether oxygens (including phenoxy) is 1. The van der Waals surface area contributed by atoms with E-state index in [0.29, 0.717) is 0 Å². The monoisotopic (exact) mass is 399 g/mol. The normalized spacial score (nSPS) is 13.8. The molecule has 2 amide bonds. The van der Waals surface area contributed by atoms with Gasteiger partial charge in [0.15, 0.2) is 0 Å². The van der Waals surface area contributed by atoms with Crippen molar-refractivity contribution in [3.05, 3.63) is 54.1 Å². The Morgan fingerprint density at radius 1 is 0.964 bits per heavy atom. The fourth-order valence-corrected chi connectivity index (χ4v) is 3.49. The van der Waals surface area contributed by atoms with Gasteiger partial charge in [-0.1, -0.05) is 23.8 Å². The summed E-state index contributed by atoms with van der Waals surface area (Å²) in [5.41, 5.74) is 3.74. The third-order valence-electron chi connectivity index (χ3n) is 4.31. The number of nitrogens with zero attached hydrogens (tertiary/aromatic N) is 1. The van der Waals surface area contributed by atoms with Gasteiger partial charge in [-0.2, -0.15) is 0 Å². The molecular formula is C21H25N3O3S. The number of nitrogens with one attached hydrogen (secondary N) is 2. The number of hydrogen-bond acceptors (Lipinski definition) is 5. The molecule has 0 spiro atoms. The lowest BCUT2D eigenvalue weighted by Crippen LogP contribution is -2.36. The zero-order valence-corrected chi connectivity index (χ0v) is 16.8. The number of amides is 2. The topological polar surface area (TPSA) is 70.7 Å². The summed E-state index contributed by atoms with van der Waals surface area (Å²) in [6, 6.07) is 15.4. The largest absolute Gasteiger partial charge is 0.378 e. The zero-order valence-electron chi connectivity index (χ0n) is 15.9. The number of thioether (sulfide) groups is 1. The lowest BCUT2D eigenvalue weighted by atomic mass is 10.2. The predicted octanol–water partition coefficient (Wildman–Crippen LogP) is 3.14. The minimum absolute atomic E-state index is 0.115. The van der Waals surface area contributed by atoms with Crippen LogP contribution in [0.5, 0.6) is 0 Å². The highest BCUT2D eigenvalue weighted by atomic mass is 32.2. The van der Waals surface area contributed by atoms with Gasteiger partial charge in [-0.15, -0.1) is 11.8 Å². The first-order valence-electron chi connectivity index (χ1n) is 9.27. The quantitative estimate of drug-likeness (QED) is 0.749. The maximum Gasteiger partial charge on any atom is 0.234 e. The molecule has 3 rings (SSSR count). The summed E-state index contributed by atoms with van der Waals surface area (Å²) in [4.78, 5) is 26.4. The van der Waals surface area contributed by atoms with Gasteiger partial charge in [0.1, 0.15) is 0 Å². The molecule has 0 atom stereocenters. The van der Waals surface area contributed by atoms with Crippen molar-refractivity contribution in [3.63, 3.8) is 0 Å². The molecule has 2 N–H and O–H groups in total. The lowest BCUT2D eigenvalue weighted by molar-refractivity contribution is -0.114. The summed E-state index contributed by atoms with van der Waals surface area (Å²) in [6.07, 6.45) is 0. The van der Waals surface area contributed by atoms with Crippen molar-refractivity contribution in [2.75, 3.05) is 53.3 Å². The highest BCUT2D eigenvalue weighted by Crippen LogP contribution is 2.20. The first-order chi connectivity index (χ1) is 13.6. The van der Waals surface area contributed by atoms with Crippen LogP contribution in [0.4, 0.5) is 17.1 Å². The molecule has 2 aromatic carbocycles. The molecule has 148 valence electrons. The van der Waals surface area contributed by atoms with E-state index < -0.39 is 0 Å². The van der Waals surface area contributed by atoms with Crippen LogP contribution in [-0.2, 0) is 14.3 Å². The molecule has 1 aliphatic heterocycles. The number of anilines is 3. The van der Waals surface area contributed by atoms with E-state index in [-0.39, 0.29) is 23.3 Å². The van der Waals surface area contributed by atoms with Crippen molar-refractivity contribution in [1.82, 2.24) is 0 Å². The number of morpholine rings is 1. The third-order valence-corrected chi connectivity index (χ3v) is 5.24. The molecule has 7 heteroatoms. The maximum absolute atomic E-state index is 12.2. The minimum Gasteiger partial charge on any atom is -0.378 e. The molecule has 0 radical (unpaired) electrons. The van der Waals surface area contributed by atoms with Crippen molar-refractivity contribution in [2.24, 2.45) is 0 Å². The fraction of sp³-hybridized carbons (Fsp3) is 0.333. The molecule has 0 aliphatic carbocycles. The van der Waals surface area contributed by atoms with Crippen LogP contribution >= 0.6 is 11.8 Å². The van der Waals surface area contributed by atoms with Crippen LogP contribution in [-0.4, -0.2) is 49.6 Å². The number of hydrogen-bond donors (Lipinski definition) is 2. The molecule has 0 aromatic heterocycles. The van der Waals surface area contributed by atoms with E-state index in [4.69, 9.17) is 4.74 Å². The van der Waals surface area contributed by atoms with Crippen molar-refractivity contribution < 1.29 is 14.3 Å².